The van der Waals surface area contributed by atoms with Gasteiger partial charge in [-0.2, -0.15) is 4.68 Å². The Morgan fingerprint density at radius 1 is 1.23 bits per heavy atom. The molecule has 2 aromatic carbocycles. The number of amides is 2. The van der Waals surface area contributed by atoms with Gasteiger partial charge in [0.25, 0.3) is 0 Å². The van der Waals surface area contributed by atoms with Crippen LogP contribution in [0.4, 0.5) is 4.79 Å². The molecule has 1 atom stereocenters. The number of ether oxygens (including phenoxy) is 1. The summed E-state index contributed by atoms with van der Waals surface area (Å²) in [5, 5.41) is 15.4. The van der Waals surface area contributed by atoms with E-state index in [2.05, 4.69) is 20.8 Å². The number of rotatable bonds is 7. The number of halogens is 1. The Hall–Kier alpha value is -3.46. The van der Waals surface area contributed by atoms with Crippen molar-refractivity contribution in [2.75, 3.05) is 13.1 Å². The third kappa shape index (κ3) is 5.79. The summed E-state index contributed by atoms with van der Waals surface area (Å²) in [4.78, 5) is 25.9. The van der Waals surface area contributed by atoms with Gasteiger partial charge in [0.2, 0.25) is 5.91 Å². The topological polar surface area (TPSA) is 102 Å². The molecular formula is C25H29ClN6O3. The minimum atomic E-state index is -0.550. The summed E-state index contributed by atoms with van der Waals surface area (Å²) >= 11 is 6.53. The Morgan fingerprint density at radius 2 is 2.00 bits per heavy atom. The normalized spacial score (nSPS) is 14.4. The number of tetrazole rings is 1. The zero-order valence-corrected chi connectivity index (χ0v) is 21.0. The molecule has 1 fully saturated rings. The fourth-order valence-electron chi connectivity index (χ4n) is 4.27. The molecule has 184 valence electrons. The molecule has 3 aromatic rings. The monoisotopic (exact) mass is 496 g/mol. The predicted octanol–water partition coefficient (Wildman–Crippen LogP) is 4.20. The number of hydrogen-bond donors (Lipinski definition) is 1. The first-order chi connectivity index (χ1) is 16.7. The maximum absolute atomic E-state index is 12.7. The summed E-state index contributed by atoms with van der Waals surface area (Å²) in [7, 11) is 0. The Kier molecular flexibility index (Phi) is 7.35. The summed E-state index contributed by atoms with van der Waals surface area (Å²) in [6, 6.07) is 11.1. The first-order valence-corrected chi connectivity index (χ1v) is 12.0. The van der Waals surface area contributed by atoms with Crippen molar-refractivity contribution < 1.29 is 14.3 Å². The van der Waals surface area contributed by atoms with E-state index in [1.54, 1.807) is 28.6 Å². The highest BCUT2D eigenvalue weighted by atomic mass is 35.5. The van der Waals surface area contributed by atoms with Crippen molar-refractivity contribution in [1.29, 1.82) is 0 Å². The molecular weight excluding hydrogens is 468 g/mol. The minimum absolute atomic E-state index is 0.0828. The quantitative estimate of drug-likeness (QED) is 0.526. The highest BCUT2D eigenvalue weighted by molar-refractivity contribution is 6.33. The van der Waals surface area contributed by atoms with Crippen LogP contribution in [0, 0.1) is 12.8 Å². The van der Waals surface area contributed by atoms with E-state index < -0.39 is 6.09 Å². The number of benzene rings is 2. The van der Waals surface area contributed by atoms with Crippen LogP contribution in [0.1, 0.15) is 38.6 Å². The van der Waals surface area contributed by atoms with Gasteiger partial charge in [-0.05, 0) is 65.9 Å². The Labute approximate surface area is 209 Å². The second-order valence-electron chi connectivity index (χ2n) is 9.02. The van der Waals surface area contributed by atoms with E-state index in [-0.39, 0.29) is 11.9 Å². The number of likely N-dealkylation sites (tertiary alicyclic amines) is 1. The molecule has 9 nitrogen and oxygen atoms in total. The Balaban J connectivity index is 1.54. The molecule has 0 aliphatic carbocycles. The van der Waals surface area contributed by atoms with Crippen LogP contribution in [0.2, 0.25) is 5.02 Å². The standard InChI is InChI=1S/C25H29ClN6O3/c1-5-24-28-29-30-32(24)20-10-19(22-7-6-15(2)8-23(22)26)11-21(12-20)35-25(34)27-16(3)9-18-13-31(14-18)17(4)33/h6-8,10-12,16,18H,5,9,13-14H2,1-4H3,(H,27,34). The third-order valence-corrected chi connectivity index (χ3v) is 6.40. The first kappa shape index (κ1) is 24.7. The van der Waals surface area contributed by atoms with Gasteiger partial charge in [-0.1, -0.05) is 30.7 Å². The second kappa shape index (κ2) is 10.4. The number of nitrogens with zero attached hydrogens (tertiary/aromatic N) is 5. The molecule has 0 radical (unpaired) electrons. The smallest absolute Gasteiger partial charge is 0.410 e. The number of aryl methyl sites for hydroxylation is 2. The van der Waals surface area contributed by atoms with E-state index in [0.717, 1.165) is 36.2 Å². The molecule has 1 saturated heterocycles. The van der Waals surface area contributed by atoms with Gasteiger partial charge in [-0.25, -0.2) is 4.79 Å². The van der Waals surface area contributed by atoms with Crippen molar-refractivity contribution in [2.24, 2.45) is 5.92 Å². The molecule has 0 bridgehead atoms. The number of hydrogen-bond acceptors (Lipinski definition) is 6. The summed E-state index contributed by atoms with van der Waals surface area (Å²) in [6.45, 7) is 8.89. The molecule has 0 spiro atoms. The summed E-state index contributed by atoms with van der Waals surface area (Å²) in [5.41, 5.74) is 3.30. The molecule has 1 aliphatic rings. The van der Waals surface area contributed by atoms with E-state index >= 15 is 0 Å². The molecule has 2 heterocycles. The lowest BCUT2D eigenvalue weighted by atomic mass is 9.93. The third-order valence-electron chi connectivity index (χ3n) is 6.09. The van der Waals surface area contributed by atoms with Crippen molar-refractivity contribution in [3.05, 3.63) is 52.8 Å². The molecule has 35 heavy (non-hydrogen) atoms. The second-order valence-corrected chi connectivity index (χ2v) is 9.43. The van der Waals surface area contributed by atoms with Crippen LogP contribution in [-0.2, 0) is 11.2 Å². The average Bonchev–Trinajstić information content (AvgIpc) is 3.24. The van der Waals surface area contributed by atoms with Crippen molar-refractivity contribution >= 4 is 23.6 Å². The van der Waals surface area contributed by atoms with Crippen LogP contribution in [0.25, 0.3) is 16.8 Å². The van der Waals surface area contributed by atoms with Crippen LogP contribution < -0.4 is 10.1 Å². The first-order valence-electron chi connectivity index (χ1n) is 11.7. The Morgan fingerprint density at radius 3 is 2.69 bits per heavy atom. The maximum Gasteiger partial charge on any atom is 0.412 e. The highest BCUT2D eigenvalue weighted by Crippen LogP contribution is 2.33. The maximum atomic E-state index is 12.7. The predicted molar refractivity (Wildman–Crippen MR) is 133 cm³/mol. The van der Waals surface area contributed by atoms with Crippen molar-refractivity contribution in [1.82, 2.24) is 30.4 Å². The summed E-state index contributed by atoms with van der Waals surface area (Å²) in [6.07, 6.45) is 0.859. The van der Waals surface area contributed by atoms with Crippen LogP contribution in [0.3, 0.4) is 0 Å². The van der Waals surface area contributed by atoms with Crippen LogP contribution in [-0.4, -0.2) is 56.2 Å². The van der Waals surface area contributed by atoms with Crippen LogP contribution in [0.5, 0.6) is 5.75 Å². The van der Waals surface area contributed by atoms with Gasteiger partial charge in [0.05, 0.1) is 5.69 Å². The van der Waals surface area contributed by atoms with Crippen molar-refractivity contribution in [3.63, 3.8) is 0 Å². The zero-order valence-electron chi connectivity index (χ0n) is 20.3. The van der Waals surface area contributed by atoms with E-state index in [9.17, 15) is 9.59 Å². The van der Waals surface area contributed by atoms with Gasteiger partial charge in [0, 0.05) is 49.1 Å². The van der Waals surface area contributed by atoms with Crippen LogP contribution >= 0.6 is 11.6 Å². The lowest BCUT2D eigenvalue weighted by Crippen LogP contribution is -2.51. The largest absolute Gasteiger partial charge is 0.412 e. The zero-order chi connectivity index (χ0) is 25.1. The van der Waals surface area contributed by atoms with Crippen LogP contribution in [0.15, 0.2) is 36.4 Å². The molecule has 1 aliphatic heterocycles. The Bertz CT molecular complexity index is 1240. The SMILES string of the molecule is CCc1nnnn1-c1cc(OC(=O)NC(C)CC2CN(C(C)=O)C2)cc(-c2ccc(C)cc2Cl)c1. The minimum Gasteiger partial charge on any atom is -0.410 e. The van der Waals surface area contributed by atoms with Gasteiger partial charge in [-0.15, -0.1) is 5.10 Å². The molecule has 10 heteroatoms. The van der Waals surface area contributed by atoms with E-state index in [0.29, 0.717) is 34.6 Å². The molecule has 1 N–H and O–H groups in total. The molecule has 0 saturated carbocycles. The number of nitrogens with one attached hydrogen (secondary N) is 1. The van der Waals surface area contributed by atoms with E-state index in [1.807, 2.05) is 45.0 Å². The number of carbonyl (C=O) groups excluding carboxylic acids is 2. The number of carbonyl (C=O) groups is 2. The average molecular weight is 497 g/mol. The lowest BCUT2D eigenvalue weighted by molar-refractivity contribution is -0.135. The fraction of sp³-hybridized carbons (Fsp3) is 0.400. The van der Waals surface area contributed by atoms with E-state index in [4.69, 9.17) is 16.3 Å². The summed E-state index contributed by atoms with van der Waals surface area (Å²) < 4.78 is 7.30. The number of aromatic nitrogens is 4. The summed E-state index contributed by atoms with van der Waals surface area (Å²) in [5.74, 6) is 1.49. The molecule has 1 aromatic heterocycles. The van der Waals surface area contributed by atoms with Gasteiger partial charge >= 0.3 is 6.09 Å². The lowest BCUT2D eigenvalue weighted by Gasteiger charge is -2.39. The van der Waals surface area contributed by atoms with Crippen molar-refractivity contribution in [2.45, 2.75) is 46.6 Å². The molecule has 4 rings (SSSR count). The van der Waals surface area contributed by atoms with Gasteiger partial charge < -0.3 is 15.0 Å². The molecule has 2 amide bonds. The van der Waals surface area contributed by atoms with Crippen molar-refractivity contribution in [3.8, 4) is 22.6 Å². The van der Waals surface area contributed by atoms with E-state index in [1.165, 1.54) is 0 Å². The molecule has 1 unspecified atom stereocenters. The van der Waals surface area contributed by atoms with Gasteiger partial charge in [0.15, 0.2) is 5.82 Å². The van der Waals surface area contributed by atoms with Gasteiger partial charge in [0.1, 0.15) is 5.75 Å². The highest BCUT2D eigenvalue weighted by Gasteiger charge is 2.30. The fourth-order valence-corrected chi connectivity index (χ4v) is 4.62. The van der Waals surface area contributed by atoms with Gasteiger partial charge in [-0.3, -0.25) is 4.79 Å².